The number of nitrogens with one attached hydrogen (secondary N) is 1. The van der Waals surface area contributed by atoms with Crippen molar-refractivity contribution in [1.29, 1.82) is 0 Å². The average Bonchev–Trinajstić information content (AvgIpc) is 3.37. The summed E-state index contributed by atoms with van der Waals surface area (Å²) in [5.41, 5.74) is 1.01. The lowest BCUT2D eigenvalue weighted by Crippen LogP contribution is -2.52. The Hall–Kier alpha value is -2.77. The van der Waals surface area contributed by atoms with Crippen molar-refractivity contribution < 1.29 is 24.2 Å². The number of hydrogen-bond acceptors (Lipinski definition) is 4. The zero-order valence-corrected chi connectivity index (χ0v) is 16.1. The van der Waals surface area contributed by atoms with Crippen molar-refractivity contribution in [3.63, 3.8) is 0 Å². The lowest BCUT2D eigenvalue weighted by Gasteiger charge is -2.29. The number of nitrogens with zero attached hydrogens (tertiary/aromatic N) is 2. The quantitative estimate of drug-likeness (QED) is 0.768. The number of amides is 3. The predicted octanol–water partition coefficient (Wildman–Crippen LogP) is 1.49. The van der Waals surface area contributed by atoms with Gasteiger partial charge in [-0.1, -0.05) is 18.2 Å². The SMILES string of the molecule is COc1ccccc1CCNC(=O)C1CCCN1C(=O)C1CCCN1C(=O)O. The third-order valence-corrected chi connectivity index (χ3v) is 5.51. The van der Waals surface area contributed by atoms with Crippen LogP contribution in [0.15, 0.2) is 24.3 Å². The molecule has 8 heteroatoms. The average molecular weight is 389 g/mol. The van der Waals surface area contributed by atoms with Crippen LogP contribution in [0, 0.1) is 0 Å². The Morgan fingerprint density at radius 1 is 1.11 bits per heavy atom. The van der Waals surface area contributed by atoms with Crippen LogP contribution in [-0.2, 0) is 16.0 Å². The van der Waals surface area contributed by atoms with Crippen LogP contribution >= 0.6 is 0 Å². The number of para-hydroxylation sites is 1. The molecule has 2 heterocycles. The van der Waals surface area contributed by atoms with Crippen LogP contribution < -0.4 is 10.1 Å². The molecular weight excluding hydrogens is 362 g/mol. The molecule has 0 aromatic heterocycles. The Morgan fingerprint density at radius 3 is 2.50 bits per heavy atom. The van der Waals surface area contributed by atoms with Crippen molar-refractivity contribution in [3.8, 4) is 5.75 Å². The van der Waals surface area contributed by atoms with E-state index in [1.165, 1.54) is 4.90 Å². The molecule has 28 heavy (non-hydrogen) atoms. The molecule has 0 spiro atoms. The van der Waals surface area contributed by atoms with Crippen LogP contribution in [0.1, 0.15) is 31.2 Å². The minimum absolute atomic E-state index is 0.180. The maximum atomic E-state index is 12.9. The number of carbonyl (C=O) groups excluding carboxylic acids is 2. The molecule has 3 amide bonds. The Morgan fingerprint density at radius 2 is 1.79 bits per heavy atom. The molecule has 2 saturated heterocycles. The zero-order chi connectivity index (χ0) is 20.1. The van der Waals surface area contributed by atoms with Crippen molar-refractivity contribution >= 4 is 17.9 Å². The predicted molar refractivity (Wildman–Crippen MR) is 102 cm³/mol. The van der Waals surface area contributed by atoms with Gasteiger partial charge in [-0.05, 0) is 43.7 Å². The number of hydrogen-bond donors (Lipinski definition) is 2. The van der Waals surface area contributed by atoms with E-state index in [1.54, 1.807) is 12.0 Å². The molecule has 2 atom stereocenters. The van der Waals surface area contributed by atoms with E-state index in [0.717, 1.165) is 17.7 Å². The molecule has 8 nitrogen and oxygen atoms in total. The van der Waals surface area contributed by atoms with Gasteiger partial charge in [0.15, 0.2) is 0 Å². The molecule has 1 aromatic rings. The van der Waals surface area contributed by atoms with E-state index in [1.807, 2.05) is 24.3 Å². The maximum absolute atomic E-state index is 12.9. The first-order valence-electron chi connectivity index (χ1n) is 9.72. The van der Waals surface area contributed by atoms with Crippen molar-refractivity contribution in [2.75, 3.05) is 26.7 Å². The summed E-state index contributed by atoms with van der Waals surface area (Å²) in [5, 5.41) is 12.2. The highest BCUT2D eigenvalue weighted by Gasteiger charge is 2.42. The van der Waals surface area contributed by atoms with Crippen LogP contribution in [0.25, 0.3) is 0 Å². The van der Waals surface area contributed by atoms with Gasteiger partial charge in [0.05, 0.1) is 7.11 Å². The number of likely N-dealkylation sites (tertiary alicyclic amines) is 2. The van der Waals surface area contributed by atoms with Gasteiger partial charge in [0.2, 0.25) is 11.8 Å². The van der Waals surface area contributed by atoms with E-state index in [0.29, 0.717) is 45.3 Å². The Kier molecular flexibility index (Phi) is 6.38. The third-order valence-electron chi connectivity index (χ3n) is 5.51. The topological polar surface area (TPSA) is 99.2 Å². The Balaban J connectivity index is 1.57. The molecule has 2 aliphatic heterocycles. The van der Waals surface area contributed by atoms with Gasteiger partial charge >= 0.3 is 6.09 Å². The lowest BCUT2D eigenvalue weighted by atomic mass is 10.1. The van der Waals surface area contributed by atoms with Crippen LogP contribution in [-0.4, -0.2) is 71.6 Å². The van der Waals surface area contributed by atoms with E-state index in [-0.39, 0.29) is 11.8 Å². The molecule has 0 aliphatic carbocycles. The maximum Gasteiger partial charge on any atom is 0.407 e. The Bertz CT molecular complexity index is 738. The minimum atomic E-state index is -1.08. The number of carboxylic acid groups (broad SMARTS) is 1. The molecule has 1 aromatic carbocycles. The standard InChI is InChI=1S/C20H27N3O5/c1-28-17-9-3-2-6-14(17)10-11-21-18(24)15-7-4-12-22(15)19(25)16-8-5-13-23(16)20(26)27/h2-3,6,9,15-16H,4-5,7-8,10-13H2,1H3,(H,21,24)(H,26,27). The van der Waals surface area contributed by atoms with Gasteiger partial charge in [0.25, 0.3) is 0 Å². The van der Waals surface area contributed by atoms with Gasteiger partial charge < -0.3 is 20.1 Å². The van der Waals surface area contributed by atoms with Gasteiger partial charge in [0, 0.05) is 19.6 Å². The summed E-state index contributed by atoms with van der Waals surface area (Å²) >= 11 is 0. The number of ether oxygens (including phenoxy) is 1. The van der Waals surface area contributed by atoms with Crippen molar-refractivity contribution in [2.24, 2.45) is 0 Å². The molecule has 3 rings (SSSR count). The second-order valence-corrected chi connectivity index (χ2v) is 7.18. The van der Waals surface area contributed by atoms with Gasteiger partial charge in [0.1, 0.15) is 17.8 Å². The number of benzene rings is 1. The van der Waals surface area contributed by atoms with Crippen molar-refractivity contribution in [3.05, 3.63) is 29.8 Å². The highest BCUT2D eigenvalue weighted by Crippen LogP contribution is 2.25. The van der Waals surface area contributed by atoms with Crippen molar-refractivity contribution in [2.45, 2.75) is 44.2 Å². The van der Waals surface area contributed by atoms with E-state index >= 15 is 0 Å². The van der Waals surface area contributed by atoms with Gasteiger partial charge in [-0.2, -0.15) is 0 Å². The van der Waals surface area contributed by atoms with Crippen LogP contribution in [0.2, 0.25) is 0 Å². The fourth-order valence-corrected chi connectivity index (χ4v) is 4.09. The molecule has 2 unspecified atom stereocenters. The molecular formula is C20H27N3O5. The summed E-state index contributed by atoms with van der Waals surface area (Å²) in [5.74, 6) is 0.354. The molecule has 2 aliphatic rings. The van der Waals surface area contributed by atoms with E-state index < -0.39 is 18.2 Å². The normalized spacial score (nSPS) is 21.6. The van der Waals surface area contributed by atoms with E-state index in [9.17, 15) is 19.5 Å². The van der Waals surface area contributed by atoms with Gasteiger partial charge in [-0.15, -0.1) is 0 Å². The first-order chi connectivity index (χ1) is 13.5. The second-order valence-electron chi connectivity index (χ2n) is 7.18. The largest absolute Gasteiger partial charge is 0.496 e. The summed E-state index contributed by atoms with van der Waals surface area (Å²) in [6.07, 6.45) is 2.09. The summed E-state index contributed by atoms with van der Waals surface area (Å²) < 4.78 is 5.32. The number of methoxy groups -OCH3 is 1. The van der Waals surface area contributed by atoms with Crippen LogP contribution in [0.3, 0.4) is 0 Å². The van der Waals surface area contributed by atoms with E-state index in [2.05, 4.69) is 5.32 Å². The van der Waals surface area contributed by atoms with Crippen LogP contribution in [0.4, 0.5) is 4.79 Å². The smallest absolute Gasteiger partial charge is 0.407 e. The van der Waals surface area contributed by atoms with Gasteiger partial charge in [-0.25, -0.2) is 4.79 Å². The van der Waals surface area contributed by atoms with Crippen molar-refractivity contribution in [1.82, 2.24) is 15.1 Å². The third kappa shape index (κ3) is 4.21. The molecule has 2 fully saturated rings. The van der Waals surface area contributed by atoms with Gasteiger partial charge in [-0.3, -0.25) is 14.5 Å². The minimum Gasteiger partial charge on any atom is -0.496 e. The highest BCUT2D eigenvalue weighted by molar-refractivity contribution is 5.92. The second kappa shape index (κ2) is 8.95. The Labute approximate surface area is 164 Å². The molecule has 0 bridgehead atoms. The molecule has 0 saturated carbocycles. The number of rotatable bonds is 6. The van der Waals surface area contributed by atoms with E-state index in [4.69, 9.17) is 4.74 Å². The first-order valence-corrected chi connectivity index (χ1v) is 9.72. The monoisotopic (exact) mass is 389 g/mol. The zero-order valence-electron chi connectivity index (χ0n) is 16.1. The molecule has 0 radical (unpaired) electrons. The fraction of sp³-hybridized carbons (Fsp3) is 0.550. The lowest BCUT2D eigenvalue weighted by molar-refractivity contribution is -0.141. The molecule has 2 N–H and O–H groups in total. The first kappa shape index (κ1) is 20.0. The number of carbonyl (C=O) groups is 3. The molecule has 152 valence electrons. The summed E-state index contributed by atoms with van der Waals surface area (Å²) in [7, 11) is 1.61. The fourth-order valence-electron chi connectivity index (χ4n) is 4.09. The summed E-state index contributed by atoms with van der Waals surface area (Å²) in [4.78, 5) is 39.6. The highest BCUT2D eigenvalue weighted by atomic mass is 16.5. The summed E-state index contributed by atoms with van der Waals surface area (Å²) in [6, 6.07) is 6.46. The summed E-state index contributed by atoms with van der Waals surface area (Å²) in [6.45, 7) is 1.31. The van der Waals surface area contributed by atoms with Crippen LogP contribution in [0.5, 0.6) is 5.75 Å².